The van der Waals surface area contributed by atoms with Gasteiger partial charge in [-0.2, -0.15) is 0 Å². The van der Waals surface area contributed by atoms with E-state index in [1.54, 1.807) is 44.2 Å². The van der Waals surface area contributed by atoms with Crippen molar-refractivity contribution >= 4 is 29.6 Å². The zero-order valence-electron chi connectivity index (χ0n) is 11.5. The Labute approximate surface area is 123 Å². The van der Waals surface area contributed by atoms with E-state index >= 15 is 0 Å². The predicted octanol–water partition coefficient (Wildman–Crippen LogP) is 3.24. The van der Waals surface area contributed by atoms with Crippen LogP contribution in [0.3, 0.4) is 0 Å². The number of hydrogen-bond acceptors (Lipinski definition) is 4. The molecule has 20 heavy (non-hydrogen) atoms. The van der Waals surface area contributed by atoms with E-state index < -0.39 is 11.9 Å². The van der Waals surface area contributed by atoms with Gasteiger partial charge in [-0.3, -0.25) is 4.79 Å². The van der Waals surface area contributed by atoms with Gasteiger partial charge in [0.2, 0.25) is 0 Å². The van der Waals surface area contributed by atoms with Crippen molar-refractivity contribution < 1.29 is 19.1 Å². The van der Waals surface area contributed by atoms with Gasteiger partial charge < -0.3 is 9.47 Å². The summed E-state index contributed by atoms with van der Waals surface area (Å²) in [5.74, 6) is -0.976. The van der Waals surface area contributed by atoms with Crippen molar-refractivity contribution in [3.63, 3.8) is 0 Å². The second-order valence-electron chi connectivity index (χ2n) is 3.92. The van der Waals surface area contributed by atoms with Crippen LogP contribution in [-0.4, -0.2) is 25.2 Å². The lowest BCUT2D eigenvalue weighted by atomic mass is 10.1. The first-order chi connectivity index (χ1) is 9.56. The Morgan fingerprint density at radius 2 is 1.70 bits per heavy atom. The molecule has 0 unspecified atom stereocenters. The van der Waals surface area contributed by atoms with Gasteiger partial charge in [-0.25, -0.2) is 4.79 Å². The van der Waals surface area contributed by atoms with Gasteiger partial charge in [-0.15, -0.1) is 0 Å². The molecule has 0 saturated heterocycles. The molecule has 0 N–H and O–H groups in total. The van der Waals surface area contributed by atoms with Gasteiger partial charge in [0.25, 0.3) is 0 Å². The van der Waals surface area contributed by atoms with E-state index in [4.69, 9.17) is 21.1 Å². The van der Waals surface area contributed by atoms with Crippen LogP contribution in [0, 0.1) is 0 Å². The predicted molar refractivity (Wildman–Crippen MR) is 77.3 cm³/mol. The van der Waals surface area contributed by atoms with E-state index in [9.17, 15) is 9.59 Å². The summed E-state index contributed by atoms with van der Waals surface area (Å²) in [5.41, 5.74) is 1.02. The van der Waals surface area contributed by atoms with Crippen LogP contribution < -0.4 is 0 Å². The standard InChI is InChI=1S/C15H17ClO4/c1-3-19-14(17)10-12(15(18)20-4-2)9-11-5-7-13(16)8-6-11/h5-9H,3-4,10H2,1-2H3. The first-order valence-corrected chi connectivity index (χ1v) is 6.73. The molecule has 0 aliphatic heterocycles. The fraction of sp³-hybridized carbons (Fsp3) is 0.333. The third-order valence-corrected chi connectivity index (χ3v) is 2.64. The summed E-state index contributed by atoms with van der Waals surface area (Å²) in [5, 5.41) is 0.602. The Bertz CT molecular complexity index is 491. The lowest BCUT2D eigenvalue weighted by Crippen LogP contribution is -2.13. The summed E-state index contributed by atoms with van der Waals surface area (Å²) >= 11 is 5.80. The number of rotatable bonds is 6. The summed E-state index contributed by atoms with van der Waals surface area (Å²) in [7, 11) is 0. The fourth-order valence-electron chi connectivity index (χ4n) is 1.53. The summed E-state index contributed by atoms with van der Waals surface area (Å²) in [6.45, 7) is 3.95. The van der Waals surface area contributed by atoms with Crippen LogP contribution in [0.1, 0.15) is 25.8 Å². The summed E-state index contributed by atoms with van der Waals surface area (Å²) in [4.78, 5) is 23.3. The minimum Gasteiger partial charge on any atom is -0.466 e. The fourth-order valence-corrected chi connectivity index (χ4v) is 1.66. The van der Waals surface area contributed by atoms with Gasteiger partial charge in [-0.05, 0) is 37.6 Å². The van der Waals surface area contributed by atoms with E-state index in [1.165, 1.54) is 0 Å². The number of hydrogen-bond donors (Lipinski definition) is 0. The first-order valence-electron chi connectivity index (χ1n) is 6.35. The van der Waals surface area contributed by atoms with E-state index in [-0.39, 0.29) is 25.2 Å². The largest absolute Gasteiger partial charge is 0.466 e. The third-order valence-electron chi connectivity index (χ3n) is 2.39. The smallest absolute Gasteiger partial charge is 0.334 e. The zero-order chi connectivity index (χ0) is 15.0. The molecule has 5 heteroatoms. The van der Waals surface area contributed by atoms with Crippen LogP contribution in [-0.2, 0) is 19.1 Å². The number of carbonyl (C=O) groups excluding carboxylic acids is 2. The lowest BCUT2D eigenvalue weighted by molar-refractivity contribution is -0.145. The van der Waals surface area contributed by atoms with Crippen LogP contribution in [0.5, 0.6) is 0 Å². The Morgan fingerprint density at radius 1 is 1.10 bits per heavy atom. The molecule has 0 saturated carbocycles. The highest BCUT2D eigenvalue weighted by Crippen LogP contribution is 2.15. The number of halogens is 1. The van der Waals surface area contributed by atoms with Crippen LogP contribution in [0.15, 0.2) is 29.8 Å². The molecule has 1 aromatic carbocycles. The highest BCUT2D eigenvalue weighted by molar-refractivity contribution is 6.30. The summed E-state index contributed by atoms with van der Waals surface area (Å²) < 4.78 is 9.79. The molecular weight excluding hydrogens is 280 g/mol. The van der Waals surface area contributed by atoms with E-state index in [0.29, 0.717) is 5.02 Å². The zero-order valence-corrected chi connectivity index (χ0v) is 12.3. The molecule has 0 spiro atoms. The monoisotopic (exact) mass is 296 g/mol. The van der Waals surface area contributed by atoms with Crippen molar-refractivity contribution in [1.29, 1.82) is 0 Å². The Morgan fingerprint density at radius 3 is 2.25 bits per heavy atom. The topological polar surface area (TPSA) is 52.6 Å². The highest BCUT2D eigenvalue weighted by Gasteiger charge is 2.16. The van der Waals surface area contributed by atoms with Gasteiger partial charge in [0.15, 0.2) is 0 Å². The van der Waals surface area contributed by atoms with Gasteiger partial charge in [0, 0.05) is 10.6 Å². The van der Waals surface area contributed by atoms with E-state index in [0.717, 1.165) is 5.56 Å². The minimum absolute atomic E-state index is 0.116. The average molecular weight is 297 g/mol. The minimum atomic E-state index is -0.518. The molecule has 0 bridgehead atoms. The number of benzene rings is 1. The van der Waals surface area contributed by atoms with Gasteiger partial charge in [-0.1, -0.05) is 23.7 Å². The molecule has 1 rings (SSSR count). The number of ether oxygens (including phenoxy) is 2. The van der Waals surface area contributed by atoms with Gasteiger partial charge in [0.1, 0.15) is 0 Å². The maximum atomic E-state index is 11.8. The third kappa shape index (κ3) is 5.45. The molecule has 108 valence electrons. The Balaban J connectivity index is 2.93. The van der Waals surface area contributed by atoms with Crippen LogP contribution in [0.4, 0.5) is 0 Å². The van der Waals surface area contributed by atoms with Crippen LogP contribution in [0.25, 0.3) is 6.08 Å². The first kappa shape index (κ1) is 16.2. The molecule has 0 atom stereocenters. The van der Waals surface area contributed by atoms with Crippen LogP contribution in [0.2, 0.25) is 5.02 Å². The summed E-state index contributed by atoms with van der Waals surface area (Å²) in [6, 6.07) is 6.93. The van der Waals surface area contributed by atoms with Crippen molar-refractivity contribution in [3.8, 4) is 0 Å². The second kappa shape index (κ2) is 8.38. The molecule has 0 aliphatic rings. The van der Waals surface area contributed by atoms with Gasteiger partial charge >= 0.3 is 11.9 Å². The molecule has 0 aliphatic carbocycles. The molecule has 0 amide bonds. The highest BCUT2D eigenvalue weighted by atomic mass is 35.5. The lowest BCUT2D eigenvalue weighted by Gasteiger charge is -2.07. The van der Waals surface area contributed by atoms with Gasteiger partial charge in [0.05, 0.1) is 19.6 Å². The van der Waals surface area contributed by atoms with E-state index in [1.807, 2.05) is 0 Å². The quantitative estimate of drug-likeness (QED) is 0.597. The van der Waals surface area contributed by atoms with Crippen molar-refractivity contribution in [2.24, 2.45) is 0 Å². The van der Waals surface area contributed by atoms with Crippen molar-refractivity contribution in [2.75, 3.05) is 13.2 Å². The maximum Gasteiger partial charge on any atom is 0.334 e. The van der Waals surface area contributed by atoms with Crippen molar-refractivity contribution in [3.05, 3.63) is 40.4 Å². The maximum absolute atomic E-state index is 11.8. The summed E-state index contributed by atoms with van der Waals surface area (Å²) in [6.07, 6.45) is 1.49. The SMILES string of the molecule is CCOC(=O)CC(=Cc1ccc(Cl)cc1)C(=O)OCC. The second-order valence-corrected chi connectivity index (χ2v) is 4.36. The molecule has 4 nitrogen and oxygen atoms in total. The Hall–Kier alpha value is -1.81. The number of carbonyl (C=O) groups is 2. The molecular formula is C15H17ClO4. The van der Waals surface area contributed by atoms with Crippen LogP contribution >= 0.6 is 11.6 Å². The molecule has 0 fully saturated rings. The molecule has 0 heterocycles. The molecule has 0 radical (unpaired) electrons. The van der Waals surface area contributed by atoms with Crippen molar-refractivity contribution in [2.45, 2.75) is 20.3 Å². The normalized spacial score (nSPS) is 11.1. The molecule has 1 aromatic rings. The van der Waals surface area contributed by atoms with E-state index in [2.05, 4.69) is 0 Å². The van der Waals surface area contributed by atoms with Crippen molar-refractivity contribution in [1.82, 2.24) is 0 Å². The average Bonchev–Trinajstić information content (AvgIpc) is 2.41. The Kier molecular flexibility index (Phi) is 6.81. The number of esters is 2. The molecule has 0 aromatic heterocycles.